The van der Waals surface area contributed by atoms with Gasteiger partial charge < -0.3 is 24.6 Å². The van der Waals surface area contributed by atoms with Crippen molar-refractivity contribution >= 4 is 17.9 Å². The molecule has 1 atom stereocenters. The monoisotopic (exact) mass is 391 g/mol. The lowest BCUT2D eigenvalue weighted by atomic mass is 10.0. The summed E-state index contributed by atoms with van der Waals surface area (Å²) in [5.41, 5.74) is 0.464. The molecule has 1 heterocycles. The average Bonchev–Trinajstić information content (AvgIpc) is 2.71. The maximum Gasteiger partial charge on any atom is 0.409 e. The van der Waals surface area contributed by atoms with Gasteiger partial charge in [0, 0.05) is 31.7 Å². The highest BCUT2D eigenvalue weighted by Crippen LogP contribution is 2.14. The smallest absolute Gasteiger partial charge is 0.409 e. The number of hydrogen-bond acceptors (Lipinski definition) is 5. The molecule has 2 rings (SSSR count). The van der Waals surface area contributed by atoms with Crippen LogP contribution < -0.4 is 10.1 Å². The summed E-state index contributed by atoms with van der Waals surface area (Å²) in [4.78, 5) is 40.6. The lowest BCUT2D eigenvalue weighted by Gasteiger charge is -2.36. The SMILES string of the molecule is CCOC(=O)N1CCN(C(=O)[C@@H](NC(=O)c2ccc(OC)cc2)C(C)C)CC1. The highest BCUT2D eigenvalue weighted by molar-refractivity contribution is 5.97. The van der Waals surface area contributed by atoms with Gasteiger partial charge in [0.2, 0.25) is 5.91 Å². The predicted molar refractivity (Wildman–Crippen MR) is 104 cm³/mol. The number of carbonyl (C=O) groups excluding carboxylic acids is 3. The molecule has 154 valence electrons. The van der Waals surface area contributed by atoms with E-state index in [1.165, 1.54) is 0 Å². The second-order valence-corrected chi connectivity index (χ2v) is 6.93. The van der Waals surface area contributed by atoms with Crippen molar-refractivity contribution < 1.29 is 23.9 Å². The molecule has 28 heavy (non-hydrogen) atoms. The van der Waals surface area contributed by atoms with Gasteiger partial charge in [-0.05, 0) is 37.1 Å². The molecule has 1 fully saturated rings. The van der Waals surface area contributed by atoms with Crippen molar-refractivity contribution in [3.8, 4) is 5.75 Å². The van der Waals surface area contributed by atoms with Crippen LogP contribution in [0.3, 0.4) is 0 Å². The van der Waals surface area contributed by atoms with Crippen LogP contribution >= 0.6 is 0 Å². The quantitative estimate of drug-likeness (QED) is 0.798. The Balaban J connectivity index is 1.98. The Kier molecular flexibility index (Phi) is 7.66. The van der Waals surface area contributed by atoms with Crippen molar-refractivity contribution in [1.82, 2.24) is 15.1 Å². The van der Waals surface area contributed by atoms with Crippen LogP contribution in [0.1, 0.15) is 31.1 Å². The van der Waals surface area contributed by atoms with E-state index >= 15 is 0 Å². The second kappa shape index (κ2) is 9.96. The summed E-state index contributed by atoms with van der Waals surface area (Å²) >= 11 is 0. The Morgan fingerprint density at radius 2 is 1.61 bits per heavy atom. The highest BCUT2D eigenvalue weighted by atomic mass is 16.6. The first-order chi connectivity index (χ1) is 13.4. The Morgan fingerprint density at radius 1 is 1.04 bits per heavy atom. The molecule has 0 unspecified atom stereocenters. The van der Waals surface area contributed by atoms with Gasteiger partial charge in [0.1, 0.15) is 11.8 Å². The molecule has 8 nitrogen and oxygen atoms in total. The largest absolute Gasteiger partial charge is 0.497 e. The molecular formula is C20H29N3O5. The summed E-state index contributed by atoms with van der Waals surface area (Å²) in [6.07, 6.45) is -0.359. The van der Waals surface area contributed by atoms with Crippen LogP contribution in [0.2, 0.25) is 0 Å². The number of rotatable bonds is 6. The topological polar surface area (TPSA) is 88.2 Å². The predicted octanol–water partition coefficient (Wildman–Crippen LogP) is 1.75. The number of amides is 3. The van der Waals surface area contributed by atoms with E-state index in [-0.39, 0.29) is 23.8 Å². The minimum Gasteiger partial charge on any atom is -0.497 e. The van der Waals surface area contributed by atoms with Gasteiger partial charge in [-0.25, -0.2) is 4.79 Å². The summed E-state index contributed by atoms with van der Waals surface area (Å²) in [6, 6.07) is 6.09. The van der Waals surface area contributed by atoms with E-state index in [1.54, 1.807) is 48.1 Å². The van der Waals surface area contributed by atoms with Crippen LogP contribution in [0.25, 0.3) is 0 Å². The van der Waals surface area contributed by atoms with Crippen molar-refractivity contribution in [2.75, 3.05) is 39.9 Å². The van der Waals surface area contributed by atoms with E-state index in [1.807, 2.05) is 13.8 Å². The zero-order chi connectivity index (χ0) is 20.7. The average molecular weight is 391 g/mol. The second-order valence-electron chi connectivity index (χ2n) is 6.93. The van der Waals surface area contributed by atoms with Gasteiger partial charge in [0.15, 0.2) is 0 Å². The van der Waals surface area contributed by atoms with E-state index in [0.29, 0.717) is 44.1 Å². The Bertz CT molecular complexity index is 682. The molecule has 0 spiro atoms. The maximum atomic E-state index is 13.0. The number of piperazine rings is 1. The van der Waals surface area contributed by atoms with Gasteiger partial charge in [-0.3, -0.25) is 9.59 Å². The number of hydrogen-bond donors (Lipinski definition) is 1. The molecule has 0 saturated carbocycles. The minimum absolute atomic E-state index is 0.0715. The molecule has 1 aliphatic rings. The van der Waals surface area contributed by atoms with Crippen molar-refractivity contribution in [3.63, 3.8) is 0 Å². The van der Waals surface area contributed by atoms with Gasteiger partial charge in [0.25, 0.3) is 5.91 Å². The molecule has 1 aromatic rings. The molecule has 0 aliphatic carbocycles. The number of ether oxygens (including phenoxy) is 2. The summed E-state index contributed by atoms with van der Waals surface area (Å²) in [5, 5.41) is 2.85. The van der Waals surface area contributed by atoms with Gasteiger partial charge in [-0.1, -0.05) is 13.8 Å². The number of benzene rings is 1. The van der Waals surface area contributed by atoms with Gasteiger partial charge in [-0.2, -0.15) is 0 Å². The van der Waals surface area contributed by atoms with Crippen LogP contribution in [0, 0.1) is 5.92 Å². The number of nitrogens with zero attached hydrogens (tertiary/aromatic N) is 2. The van der Waals surface area contributed by atoms with E-state index in [2.05, 4.69) is 5.32 Å². The van der Waals surface area contributed by atoms with E-state index in [0.717, 1.165) is 0 Å². The normalized spacial score (nSPS) is 15.2. The summed E-state index contributed by atoms with van der Waals surface area (Å²) in [7, 11) is 1.56. The van der Waals surface area contributed by atoms with Gasteiger partial charge in [0.05, 0.1) is 13.7 Å². The van der Waals surface area contributed by atoms with Gasteiger partial charge >= 0.3 is 6.09 Å². The summed E-state index contributed by atoms with van der Waals surface area (Å²) in [6.45, 7) is 7.54. The Labute approximate surface area is 165 Å². The number of methoxy groups -OCH3 is 1. The zero-order valence-electron chi connectivity index (χ0n) is 16.9. The molecule has 0 radical (unpaired) electrons. The molecule has 1 aliphatic heterocycles. The molecular weight excluding hydrogens is 362 g/mol. The van der Waals surface area contributed by atoms with E-state index < -0.39 is 6.04 Å². The fraction of sp³-hybridized carbons (Fsp3) is 0.550. The molecule has 1 aromatic carbocycles. The first-order valence-electron chi connectivity index (χ1n) is 9.52. The summed E-state index contributed by atoms with van der Waals surface area (Å²) in [5.74, 6) is 0.144. The van der Waals surface area contributed by atoms with Crippen LogP contribution in [0.5, 0.6) is 5.75 Å². The molecule has 0 bridgehead atoms. The van der Waals surface area contributed by atoms with Crippen molar-refractivity contribution in [2.24, 2.45) is 5.92 Å². The first kappa shape index (κ1) is 21.5. The van der Waals surface area contributed by atoms with E-state index in [4.69, 9.17) is 9.47 Å². The molecule has 0 aromatic heterocycles. The third-order valence-corrected chi connectivity index (χ3v) is 4.69. The fourth-order valence-electron chi connectivity index (χ4n) is 3.00. The van der Waals surface area contributed by atoms with Gasteiger partial charge in [-0.15, -0.1) is 0 Å². The molecule has 1 saturated heterocycles. The lowest BCUT2D eigenvalue weighted by Crippen LogP contribution is -2.57. The van der Waals surface area contributed by atoms with Crippen LogP contribution in [0.4, 0.5) is 4.79 Å². The maximum absolute atomic E-state index is 13.0. The highest BCUT2D eigenvalue weighted by Gasteiger charge is 2.32. The van der Waals surface area contributed by atoms with E-state index in [9.17, 15) is 14.4 Å². The van der Waals surface area contributed by atoms with Crippen molar-refractivity contribution in [2.45, 2.75) is 26.8 Å². The fourth-order valence-corrected chi connectivity index (χ4v) is 3.00. The zero-order valence-corrected chi connectivity index (χ0v) is 16.9. The Hall–Kier alpha value is -2.77. The number of nitrogens with one attached hydrogen (secondary N) is 1. The number of carbonyl (C=O) groups is 3. The Morgan fingerprint density at radius 3 is 2.11 bits per heavy atom. The summed E-state index contributed by atoms with van der Waals surface area (Å²) < 4.78 is 10.1. The van der Waals surface area contributed by atoms with Crippen LogP contribution in [0.15, 0.2) is 24.3 Å². The van der Waals surface area contributed by atoms with Crippen LogP contribution in [-0.4, -0.2) is 73.6 Å². The van der Waals surface area contributed by atoms with Crippen molar-refractivity contribution in [3.05, 3.63) is 29.8 Å². The van der Waals surface area contributed by atoms with Crippen LogP contribution in [-0.2, 0) is 9.53 Å². The third-order valence-electron chi connectivity index (χ3n) is 4.69. The lowest BCUT2D eigenvalue weighted by molar-refractivity contribution is -0.135. The standard InChI is InChI=1S/C20H29N3O5/c1-5-28-20(26)23-12-10-22(11-13-23)19(25)17(14(2)3)21-18(24)15-6-8-16(27-4)9-7-15/h6-9,14,17H,5,10-13H2,1-4H3,(H,21,24)/t17-/m0/s1. The third kappa shape index (κ3) is 5.37. The molecule has 8 heteroatoms. The first-order valence-corrected chi connectivity index (χ1v) is 9.52. The van der Waals surface area contributed by atoms with Crippen molar-refractivity contribution in [1.29, 1.82) is 0 Å². The minimum atomic E-state index is -0.635. The molecule has 1 N–H and O–H groups in total. The molecule has 3 amide bonds.